The van der Waals surface area contributed by atoms with Crippen molar-refractivity contribution in [2.24, 2.45) is 0 Å². The second-order valence-electron chi connectivity index (χ2n) is 9.06. The second kappa shape index (κ2) is 8.41. The van der Waals surface area contributed by atoms with Crippen molar-refractivity contribution in [2.45, 2.75) is 56.5 Å². The zero-order valence-electron chi connectivity index (χ0n) is 18.1. The Labute approximate surface area is 187 Å². The first-order chi connectivity index (χ1) is 15.6. The zero-order valence-corrected chi connectivity index (χ0v) is 18.1. The minimum absolute atomic E-state index is 0.0331. The number of benzene rings is 2. The Bertz CT molecular complexity index is 1140. The Morgan fingerprint density at radius 1 is 1.12 bits per heavy atom. The molecule has 2 aromatic carbocycles. The number of aryl methyl sites for hydroxylation is 1. The van der Waals surface area contributed by atoms with Crippen LogP contribution < -0.4 is 5.32 Å². The van der Waals surface area contributed by atoms with Gasteiger partial charge in [-0.15, -0.1) is 0 Å². The van der Waals surface area contributed by atoms with Crippen molar-refractivity contribution in [3.8, 4) is 0 Å². The molecule has 3 heterocycles. The van der Waals surface area contributed by atoms with Crippen LogP contribution >= 0.6 is 0 Å². The number of carbonyl (C=O) groups excluding carboxylic acids is 2. The number of piperidine rings is 1. The average molecular weight is 434 g/mol. The van der Waals surface area contributed by atoms with E-state index in [1.807, 2.05) is 23.2 Å². The number of H-pyrrole nitrogens is 1. The number of para-hydroxylation sites is 1. The molecular weight excluding hydrogens is 405 g/mol. The molecule has 0 aliphatic carbocycles. The van der Waals surface area contributed by atoms with E-state index in [-0.39, 0.29) is 23.7 Å². The highest BCUT2D eigenvalue weighted by Crippen LogP contribution is 2.45. The third-order valence-electron chi connectivity index (χ3n) is 7.06. The van der Waals surface area contributed by atoms with Gasteiger partial charge in [-0.3, -0.25) is 9.59 Å². The fourth-order valence-electron chi connectivity index (χ4n) is 5.59. The number of fused-ring (bicyclic) bond motifs is 1. The minimum Gasteiger partial charge on any atom is -0.361 e. The molecule has 2 saturated heterocycles. The van der Waals surface area contributed by atoms with Crippen LogP contribution in [-0.4, -0.2) is 33.8 Å². The van der Waals surface area contributed by atoms with Gasteiger partial charge in [-0.05, 0) is 61.4 Å². The van der Waals surface area contributed by atoms with Gasteiger partial charge in [-0.2, -0.15) is 0 Å². The predicted octanol–water partition coefficient (Wildman–Crippen LogP) is 4.64. The van der Waals surface area contributed by atoms with E-state index in [0.29, 0.717) is 25.8 Å². The molecule has 0 radical (unpaired) electrons. The molecule has 166 valence electrons. The number of halogens is 1. The summed E-state index contributed by atoms with van der Waals surface area (Å²) in [6.07, 6.45) is 6.92. The number of likely N-dealkylation sites (tertiary alicyclic amines) is 1. The molecule has 0 saturated carbocycles. The number of nitrogens with one attached hydrogen (secondary N) is 2. The van der Waals surface area contributed by atoms with Crippen molar-refractivity contribution < 1.29 is 14.0 Å². The van der Waals surface area contributed by atoms with Crippen LogP contribution in [0.5, 0.6) is 0 Å². The van der Waals surface area contributed by atoms with Crippen molar-refractivity contribution in [3.05, 3.63) is 71.7 Å². The summed E-state index contributed by atoms with van der Waals surface area (Å²) in [5, 5.41) is 4.39. The van der Waals surface area contributed by atoms with Crippen molar-refractivity contribution in [1.29, 1.82) is 0 Å². The highest BCUT2D eigenvalue weighted by atomic mass is 19.1. The van der Waals surface area contributed by atoms with Gasteiger partial charge in [0.2, 0.25) is 11.8 Å². The van der Waals surface area contributed by atoms with Crippen molar-refractivity contribution in [2.75, 3.05) is 6.54 Å². The number of aromatic nitrogens is 1. The van der Waals surface area contributed by atoms with Crippen LogP contribution in [0.4, 0.5) is 4.39 Å². The number of hydrogen-bond acceptors (Lipinski definition) is 2. The van der Waals surface area contributed by atoms with Gasteiger partial charge in [0.25, 0.3) is 0 Å². The van der Waals surface area contributed by atoms with E-state index in [2.05, 4.69) is 22.4 Å². The van der Waals surface area contributed by atoms with Gasteiger partial charge in [0, 0.05) is 36.5 Å². The van der Waals surface area contributed by atoms with Gasteiger partial charge < -0.3 is 15.2 Å². The first-order valence-corrected chi connectivity index (χ1v) is 11.5. The van der Waals surface area contributed by atoms with Gasteiger partial charge in [0.05, 0.1) is 11.6 Å². The third kappa shape index (κ3) is 3.78. The molecule has 6 heteroatoms. The summed E-state index contributed by atoms with van der Waals surface area (Å²) < 4.78 is 13.6. The second-order valence-corrected chi connectivity index (χ2v) is 9.06. The highest BCUT2D eigenvalue weighted by Gasteiger charge is 2.50. The molecule has 0 bridgehead atoms. The molecule has 1 aromatic heterocycles. The molecule has 32 heavy (non-hydrogen) atoms. The Morgan fingerprint density at radius 2 is 1.94 bits per heavy atom. The summed E-state index contributed by atoms with van der Waals surface area (Å²) in [6, 6.07) is 14.3. The quantitative estimate of drug-likeness (QED) is 0.616. The molecule has 0 unspecified atom stereocenters. The van der Waals surface area contributed by atoms with Gasteiger partial charge in [-0.1, -0.05) is 30.3 Å². The number of amides is 2. The van der Waals surface area contributed by atoms with Gasteiger partial charge >= 0.3 is 0 Å². The summed E-state index contributed by atoms with van der Waals surface area (Å²) in [4.78, 5) is 30.8. The summed E-state index contributed by atoms with van der Waals surface area (Å²) in [5.74, 6) is -0.171. The van der Waals surface area contributed by atoms with Crippen molar-refractivity contribution in [1.82, 2.24) is 15.2 Å². The van der Waals surface area contributed by atoms with Crippen LogP contribution in [0.2, 0.25) is 0 Å². The molecule has 2 fully saturated rings. The standard InChI is InChI=1S/C26H28FN3O2/c27-20-11-9-18(10-12-20)25-26(15-13-23(31)29-26)14-4-16-30(25)24(32)8-3-5-19-17-28-22-7-2-1-6-21(19)22/h1-2,6-7,9-12,17,25,28H,3-5,8,13-16H2,(H,29,31)/t25-,26+/m1/s1. The van der Waals surface area contributed by atoms with Gasteiger partial charge in [-0.25, -0.2) is 4.39 Å². The Balaban J connectivity index is 1.34. The lowest BCUT2D eigenvalue weighted by molar-refractivity contribution is -0.139. The molecule has 1 spiro atoms. The molecule has 2 aliphatic rings. The largest absolute Gasteiger partial charge is 0.361 e. The number of nitrogens with zero attached hydrogens (tertiary/aromatic N) is 1. The summed E-state index contributed by atoms with van der Waals surface area (Å²) in [5.41, 5.74) is 2.76. The SMILES string of the molecule is O=C1CC[C@]2(CCCN(C(=O)CCCc3c[nH]c4ccccc34)[C@@H]2c2ccc(F)cc2)N1. The lowest BCUT2D eigenvalue weighted by atomic mass is 9.76. The maximum absolute atomic E-state index is 13.6. The van der Waals surface area contributed by atoms with E-state index in [1.165, 1.54) is 23.1 Å². The van der Waals surface area contributed by atoms with E-state index >= 15 is 0 Å². The number of aromatic amines is 1. The topological polar surface area (TPSA) is 65.2 Å². The summed E-state index contributed by atoms with van der Waals surface area (Å²) in [6.45, 7) is 0.658. The smallest absolute Gasteiger partial charge is 0.223 e. The molecule has 5 nitrogen and oxygen atoms in total. The molecule has 2 amide bonds. The number of carbonyl (C=O) groups is 2. The fourth-order valence-corrected chi connectivity index (χ4v) is 5.59. The lowest BCUT2D eigenvalue weighted by Crippen LogP contribution is -2.58. The predicted molar refractivity (Wildman–Crippen MR) is 121 cm³/mol. The molecular formula is C26H28FN3O2. The van der Waals surface area contributed by atoms with E-state index < -0.39 is 5.54 Å². The fraction of sp³-hybridized carbons (Fsp3) is 0.385. The molecule has 2 atom stereocenters. The third-order valence-corrected chi connectivity index (χ3v) is 7.06. The Hall–Kier alpha value is -3.15. The minimum atomic E-state index is -0.459. The summed E-state index contributed by atoms with van der Waals surface area (Å²) >= 11 is 0. The highest BCUT2D eigenvalue weighted by molar-refractivity contribution is 5.83. The summed E-state index contributed by atoms with van der Waals surface area (Å²) in [7, 11) is 0. The van der Waals surface area contributed by atoms with E-state index in [1.54, 1.807) is 12.1 Å². The normalized spacial score (nSPS) is 23.1. The van der Waals surface area contributed by atoms with Crippen LogP contribution in [0.1, 0.15) is 55.7 Å². The Kier molecular flexibility index (Phi) is 5.45. The molecule has 5 rings (SSSR count). The molecule has 2 N–H and O–H groups in total. The number of rotatable bonds is 5. The van der Waals surface area contributed by atoms with E-state index in [0.717, 1.165) is 36.8 Å². The van der Waals surface area contributed by atoms with Crippen LogP contribution in [0, 0.1) is 5.82 Å². The van der Waals surface area contributed by atoms with E-state index in [4.69, 9.17) is 0 Å². The van der Waals surface area contributed by atoms with Crippen LogP contribution in [0.25, 0.3) is 10.9 Å². The van der Waals surface area contributed by atoms with Crippen LogP contribution in [0.15, 0.2) is 54.7 Å². The molecule has 3 aromatic rings. The maximum atomic E-state index is 13.6. The maximum Gasteiger partial charge on any atom is 0.223 e. The first-order valence-electron chi connectivity index (χ1n) is 11.5. The van der Waals surface area contributed by atoms with Crippen LogP contribution in [0.3, 0.4) is 0 Å². The average Bonchev–Trinajstić information content (AvgIpc) is 3.38. The van der Waals surface area contributed by atoms with E-state index in [9.17, 15) is 14.0 Å². The van der Waals surface area contributed by atoms with Gasteiger partial charge in [0.1, 0.15) is 5.82 Å². The van der Waals surface area contributed by atoms with Gasteiger partial charge in [0.15, 0.2) is 0 Å². The monoisotopic (exact) mass is 433 g/mol. The van der Waals surface area contributed by atoms with Crippen molar-refractivity contribution in [3.63, 3.8) is 0 Å². The number of hydrogen-bond donors (Lipinski definition) is 2. The lowest BCUT2D eigenvalue weighted by Gasteiger charge is -2.48. The first kappa shape index (κ1) is 20.7. The molecule has 2 aliphatic heterocycles. The van der Waals surface area contributed by atoms with Crippen LogP contribution in [-0.2, 0) is 16.0 Å². The van der Waals surface area contributed by atoms with Crippen molar-refractivity contribution >= 4 is 22.7 Å². The Morgan fingerprint density at radius 3 is 2.72 bits per heavy atom. The zero-order chi connectivity index (χ0) is 22.1.